The first-order valence-corrected chi connectivity index (χ1v) is 6.85. The van der Waals surface area contributed by atoms with E-state index in [1.165, 1.54) is 25.0 Å². The highest BCUT2D eigenvalue weighted by Gasteiger charge is 2.11. The summed E-state index contributed by atoms with van der Waals surface area (Å²) < 4.78 is 18.8. The molecule has 1 aromatic carbocycles. The lowest BCUT2D eigenvalue weighted by molar-refractivity contribution is 0.233. The molecule has 0 aromatic heterocycles. The van der Waals surface area contributed by atoms with E-state index in [1.54, 1.807) is 6.07 Å². The van der Waals surface area contributed by atoms with Crippen LogP contribution in [-0.4, -0.2) is 12.4 Å². The molecule has 3 N–H and O–H groups in total. The lowest BCUT2D eigenvalue weighted by atomic mass is 10.0. The number of benzene rings is 1. The van der Waals surface area contributed by atoms with Crippen molar-refractivity contribution >= 4 is 5.84 Å². The Hall–Kier alpha value is -1.58. The third-order valence-corrected chi connectivity index (χ3v) is 3.25. The maximum Gasteiger partial charge on any atom is 0.130 e. The Morgan fingerprint density at radius 3 is 2.74 bits per heavy atom. The molecular formula is C15H23FN2O. The lowest BCUT2D eigenvalue weighted by Gasteiger charge is -2.17. The van der Waals surface area contributed by atoms with Gasteiger partial charge >= 0.3 is 0 Å². The molecule has 0 saturated carbocycles. The molecule has 1 unspecified atom stereocenters. The van der Waals surface area contributed by atoms with Crippen LogP contribution in [0.3, 0.4) is 0 Å². The number of nitrogens with two attached hydrogens (primary N) is 1. The van der Waals surface area contributed by atoms with Gasteiger partial charge in [0.1, 0.15) is 17.4 Å². The zero-order valence-electron chi connectivity index (χ0n) is 11.7. The minimum absolute atomic E-state index is 0.170. The van der Waals surface area contributed by atoms with Crippen LogP contribution in [0.15, 0.2) is 18.2 Å². The Bertz CT molecular complexity index is 421. The molecule has 0 aliphatic heterocycles. The molecule has 106 valence electrons. The second kappa shape index (κ2) is 7.77. The van der Waals surface area contributed by atoms with E-state index in [1.807, 2.05) is 0 Å². The minimum Gasteiger partial charge on any atom is -0.493 e. The van der Waals surface area contributed by atoms with E-state index in [9.17, 15) is 4.39 Å². The van der Waals surface area contributed by atoms with Crippen molar-refractivity contribution in [3.05, 3.63) is 29.6 Å². The molecule has 1 rings (SSSR count). The lowest BCUT2D eigenvalue weighted by Crippen LogP contribution is -2.16. The average Bonchev–Trinajstić information content (AvgIpc) is 2.40. The van der Waals surface area contributed by atoms with Crippen LogP contribution in [0.5, 0.6) is 5.75 Å². The van der Waals surface area contributed by atoms with Crippen molar-refractivity contribution in [3.63, 3.8) is 0 Å². The highest BCUT2D eigenvalue weighted by Crippen LogP contribution is 2.21. The van der Waals surface area contributed by atoms with Gasteiger partial charge in [0.15, 0.2) is 0 Å². The Morgan fingerprint density at radius 1 is 1.42 bits per heavy atom. The quantitative estimate of drug-likeness (QED) is 0.556. The number of rotatable bonds is 8. The van der Waals surface area contributed by atoms with Crippen molar-refractivity contribution in [3.8, 4) is 5.75 Å². The zero-order chi connectivity index (χ0) is 14.3. The Balaban J connectivity index is 2.68. The molecule has 0 amide bonds. The SMILES string of the molecule is CCCCC(CC)COc1ccc(F)cc1C(=N)N. The first-order chi connectivity index (χ1) is 9.08. The zero-order valence-corrected chi connectivity index (χ0v) is 11.7. The molecule has 3 nitrogen and oxygen atoms in total. The van der Waals surface area contributed by atoms with Crippen LogP contribution in [0.2, 0.25) is 0 Å². The van der Waals surface area contributed by atoms with E-state index in [2.05, 4.69) is 13.8 Å². The number of halogens is 1. The highest BCUT2D eigenvalue weighted by molar-refractivity contribution is 5.97. The van der Waals surface area contributed by atoms with E-state index in [4.69, 9.17) is 15.9 Å². The van der Waals surface area contributed by atoms with Crippen LogP contribution in [0.1, 0.15) is 45.1 Å². The van der Waals surface area contributed by atoms with Gasteiger partial charge in [-0.2, -0.15) is 0 Å². The number of amidine groups is 1. The third kappa shape index (κ3) is 4.89. The van der Waals surface area contributed by atoms with Gasteiger partial charge in [-0.15, -0.1) is 0 Å². The predicted octanol–water partition coefficient (Wildman–Crippen LogP) is 3.70. The van der Waals surface area contributed by atoms with E-state index >= 15 is 0 Å². The fraction of sp³-hybridized carbons (Fsp3) is 0.533. The largest absolute Gasteiger partial charge is 0.493 e. The van der Waals surface area contributed by atoms with E-state index in [-0.39, 0.29) is 5.84 Å². The summed E-state index contributed by atoms with van der Waals surface area (Å²) in [6, 6.07) is 4.11. The fourth-order valence-corrected chi connectivity index (χ4v) is 1.94. The first kappa shape index (κ1) is 15.5. The minimum atomic E-state index is -0.407. The molecule has 19 heavy (non-hydrogen) atoms. The highest BCUT2D eigenvalue weighted by atomic mass is 19.1. The van der Waals surface area contributed by atoms with Gasteiger partial charge in [-0.3, -0.25) is 5.41 Å². The maximum atomic E-state index is 13.1. The van der Waals surface area contributed by atoms with E-state index < -0.39 is 5.82 Å². The van der Waals surface area contributed by atoms with Crippen molar-refractivity contribution in [1.82, 2.24) is 0 Å². The van der Waals surface area contributed by atoms with Crippen molar-refractivity contribution in [2.24, 2.45) is 11.7 Å². The van der Waals surface area contributed by atoms with Gasteiger partial charge in [-0.1, -0.05) is 33.1 Å². The molecular weight excluding hydrogens is 243 g/mol. The van der Waals surface area contributed by atoms with Crippen molar-refractivity contribution in [1.29, 1.82) is 5.41 Å². The van der Waals surface area contributed by atoms with E-state index in [0.717, 1.165) is 12.8 Å². The van der Waals surface area contributed by atoms with Crippen molar-refractivity contribution < 1.29 is 9.13 Å². The van der Waals surface area contributed by atoms with Crippen LogP contribution < -0.4 is 10.5 Å². The summed E-state index contributed by atoms with van der Waals surface area (Å²) in [5, 5.41) is 7.45. The number of unbranched alkanes of at least 4 members (excludes halogenated alkanes) is 1. The molecule has 0 heterocycles. The predicted molar refractivity (Wildman–Crippen MR) is 76.2 cm³/mol. The third-order valence-electron chi connectivity index (χ3n) is 3.25. The van der Waals surface area contributed by atoms with Gasteiger partial charge in [0.2, 0.25) is 0 Å². The Kier molecular flexibility index (Phi) is 6.33. The van der Waals surface area contributed by atoms with Gasteiger partial charge in [0.25, 0.3) is 0 Å². The van der Waals surface area contributed by atoms with Crippen LogP contribution in [0, 0.1) is 17.1 Å². The molecule has 0 aliphatic carbocycles. The molecule has 0 spiro atoms. The fourth-order valence-electron chi connectivity index (χ4n) is 1.94. The summed E-state index contributed by atoms with van der Waals surface area (Å²) in [6.45, 7) is 4.89. The van der Waals surface area contributed by atoms with Crippen molar-refractivity contribution in [2.45, 2.75) is 39.5 Å². The molecule has 0 fully saturated rings. The van der Waals surface area contributed by atoms with Gasteiger partial charge in [-0.25, -0.2) is 4.39 Å². The summed E-state index contributed by atoms with van der Waals surface area (Å²) in [5.41, 5.74) is 5.76. The second-order valence-corrected chi connectivity index (χ2v) is 4.78. The van der Waals surface area contributed by atoms with Gasteiger partial charge in [0, 0.05) is 0 Å². The molecule has 0 radical (unpaired) electrons. The molecule has 1 atom stereocenters. The van der Waals surface area contributed by atoms with Gasteiger partial charge in [0.05, 0.1) is 12.2 Å². The number of hydrogen-bond acceptors (Lipinski definition) is 2. The normalized spacial score (nSPS) is 12.2. The second-order valence-electron chi connectivity index (χ2n) is 4.78. The summed E-state index contributed by atoms with van der Waals surface area (Å²) in [4.78, 5) is 0. The Morgan fingerprint density at radius 2 is 2.16 bits per heavy atom. The molecule has 0 aliphatic rings. The molecule has 4 heteroatoms. The summed E-state index contributed by atoms with van der Waals surface area (Å²) in [6.07, 6.45) is 4.54. The molecule has 0 saturated heterocycles. The summed E-state index contributed by atoms with van der Waals surface area (Å²) >= 11 is 0. The number of nitrogen functional groups attached to an aromatic ring is 1. The van der Waals surface area contributed by atoms with Gasteiger partial charge in [-0.05, 0) is 30.5 Å². The van der Waals surface area contributed by atoms with Crippen LogP contribution in [0.25, 0.3) is 0 Å². The van der Waals surface area contributed by atoms with Crippen LogP contribution in [-0.2, 0) is 0 Å². The topological polar surface area (TPSA) is 59.1 Å². The van der Waals surface area contributed by atoms with Gasteiger partial charge < -0.3 is 10.5 Å². The average molecular weight is 266 g/mol. The number of ether oxygens (including phenoxy) is 1. The summed E-state index contributed by atoms with van der Waals surface area (Å²) in [5.74, 6) is 0.403. The monoisotopic (exact) mass is 266 g/mol. The molecule has 1 aromatic rings. The number of hydrogen-bond donors (Lipinski definition) is 2. The number of nitrogens with one attached hydrogen (secondary N) is 1. The first-order valence-electron chi connectivity index (χ1n) is 6.85. The molecule has 0 bridgehead atoms. The van der Waals surface area contributed by atoms with Crippen LogP contribution >= 0.6 is 0 Å². The Labute approximate surface area is 114 Å². The summed E-state index contributed by atoms with van der Waals surface area (Å²) in [7, 11) is 0. The standard InChI is InChI=1S/C15H23FN2O/c1-3-5-6-11(4-2)10-19-14-8-7-12(16)9-13(14)15(17)18/h7-9,11H,3-6,10H2,1-2H3,(H3,17,18). The smallest absolute Gasteiger partial charge is 0.130 e. The van der Waals surface area contributed by atoms with E-state index in [0.29, 0.717) is 23.8 Å². The van der Waals surface area contributed by atoms with Crippen LogP contribution in [0.4, 0.5) is 4.39 Å². The maximum absolute atomic E-state index is 13.1. The van der Waals surface area contributed by atoms with Crippen molar-refractivity contribution in [2.75, 3.05) is 6.61 Å².